The van der Waals surface area contributed by atoms with E-state index in [2.05, 4.69) is 32.6 Å². The van der Waals surface area contributed by atoms with Crippen molar-refractivity contribution in [1.82, 2.24) is 15.1 Å². The predicted molar refractivity (Wildman–Crippen MR) is 67.8 cm³/mol. The van der Waals surface area contributed by atoms with Crippen LogP contribution in [0.2, 0.25) is 0 Å². The van der Waals surface area contributed by atoms with E-state index < -0.39 is 0 Å². The SMILES string of the molecule is c1csc(CN2CC(N3CCNCC3)C2)c1. The maximum absolute atomic E-state index is 3.41. The smallest absolute Gasteiger partial charge is 0.0351 e. The topological polar surface area (TPSA) is 18.5 Å². The van der Waals surface area contributed by atoms with Gasteiger partial charge >= 0.3 is 0 Å². The highest BCUT2D eigenvalue weighted by Gasteiger charge is 2.31. The first-order chi connectivity index (χ1) is 7.92. The van der Waals surface area contributed by atoms with Crippen LogP contribution in [0.5, 0.6) is 0 Å². The fourth-order valence-electron chi connectivity index (χ4n) is 2.57. The Balaban J connectivity index is 1.44. The molecule has 2 aliphatic heterocycles. The van der Waals surface area contributed by atoms with Crippen LogP contribution in [0.25, 0.3) is 0 Å². The molecule has 1 aromatic heterocycles. The summed E-state index contributed by atoms with van der Waals surface area (Å²) < 4.78 is 0. The molecular weight excluding hydrogens is 218 g/mol. The lowest BCUT2D eigenvalue weighted by Gasteiger charge is -2.46. The van der Waals surface area contributed by atoms with Gasteiger partial charge < -0.3 is 5.32 Å². The minimum Gasteiger partial charge on any atom is -0.314 e. The molecule has 3 heterocycles. The molecule has 0 amide bonds. The summed E-state index contributed by atoms with van der Waals surface area (Å²) in [4.78, 5) is 6.69. The third-order valence-corrected chi connectivity index (χ3v) is 4.43. The lowest BCUT2D eigenvalue weighted by Crippen LogP contribution is -2.62. The minimum absolute atomic E-state index is 0.821. The standard InChI is InChI=1S/C12H19N3S/c1-2-12(16-7-1)10-14-8-11(9-14)15-5-3-13-4-6-15/h1-2,7,11,13H,3-6,8-10H2. The normalized spacial score (nSPS) is 24.5. The van der Waals surface area contributed by atoms with Gasteiger partial charge in [0.15, 0.2) is 0 Å². The van der Waals surface area contributed by atoms with Crippen molar-refractivity contribution in [1.29, 1.82) is 0 Å². The number of nitrogens with one attached hydrogen (secondary N) is 1. The van der Waals surface area contributed by atoms with Crippen molar-refractivity contribution >= 4 is 11.3 Å². The van der Waals surface area contributed by atoms with Crippen molar-refractivity contribution < 1.29 is 0 Å². The highest BCUT2D eigenvalue weighted by Crippen LogP contribution is 2.20. The van der Waals surface area contributed by atoms with Crippen LogP contribution < -0.4 is 5.32 Å². The number of hydrogen-bond donors (Lipinski definition) is 1. The number of piperazine rings is 1. The van der Waals surface area contributed by atoms with Gasteiger partial charge in [-0.2, -0.15) is 0 Å². The molecule has 0 aromatic carbocycles. The summed E-state index contributed by atoms with van der Waals surface area (Å²) in [6, 6.07) is 5.21. The molecule has 1 N–H and O–H groups in total. The molecule has 4 heteroatoms. The Hall–Kier alpha value is -0.420. The summed E-state index contributed by atoms with van der Waals surface area (Å²) in [6.07, 6.45) is 0. The quantitative estimate of drug-likeness (QED) is 0.840. The average Bonchev–Trinajstić information content (AvgIpc) is 2.77. The first kappa shape index (κ1) is 10.7. The van der Waals surface area contributed by atoms with Gasteiger partial charge in [0.05, 0.1) is 0 Å². The molecule has 1 aromatic rings. The van der Waals surface area contributed by atoms with Crippen LogP contribution in [0.4, 0.5) is 0 Å². The molecule has 0 atom stereocenters. The van der Waals surface area contributed by atoms with Crippen LogP contribution in [-0.4, -0.2) is 55.1 Å². The number of rotatable bonds is 3. The van der Waals surface area contributed by atoms with E-state index in [1.807, 2.05) is 11.3 Å². The van der Waals surface area contributed by atoms with E-state index in [1.54, 1.807) is 0 Å². The third-order valence-electron chi connectivity index (χ3n) is 3.57. The largest absolute Gasteiger partial charge is 0.314 e. The van der Waals surface area contributed by atoms with Crippen LogP contribution in [0, 0.1) is 0 Å². The van der Waals surface area contributed by atoms with Gasteiger partial charge in [-0.05, 0) is 11.4 Å². The van der Waals surface area contributed by atoms with E-state index in [4.69, 9.17) is 0 Å². The molecule has 3 nitrogen and oxygen atoms in total. The Morgan fingerprint density at radius 2 is 2.12 bits per heavy atom. The van der Waals surface area contributed by atoms with Crippen LogP contribution >= 0.6 is 11.3 Å². The van der Waals surface area contributed by atoms with E-state index in [1.165, 1.54) is 44.1 Å². The second kappa shape index (κ2) is 4.84. The molecule has 0 spiro atoms. The minimum atomic E-state index is 0.821. The molecular formula is C12H19N3S. The van der Waals surface area contributed by atoms with Crippen molar-refractivity contribution in [2.45, 2.75) is 12.6 Å². The van der Waals surface area contributed by atoms with E-state index in [-0.39, 0.29) is 0 Å². The molecule has 2 saturated heterocycles. The van der Waals surface area contributed by atoms with E-state index >= 15 is 0 Å². The highest BCUT2D eigenvalue weighted by molar-refractivity contribution is 7.09. The summed E-state index contributed by atoms with van der Waals surface area (Å²) in [7, 11) is 0. The fourth-order valence-corrected chi connectivity index (χ4v) is 3.32. The summed E-state index contributed by atoms with van der Waals surface area (Å²) in [6.45, 7) is 8.48. The van der Waals surface area contributed by atoms with Crippen molar-refractivity contribution in [2.75, 3.05) is 39.3 Å². The second-order valence-corrected chi connectivity index (χ2v) is 5.75. The molecule has 3 rings (SSSR count). The zero-order valence-corrected chi connectivity index (χ0v) is 10.4. The Labute approximate surface area is 101 Å². The van der Waals surface area contributed by atoms with Crippen molar-refractivity contribution in [3.05, 3.63) is 22.4 Å². The van der Waals surface area contributed by atoms with Crippen molar-refractivity contribution in [2.24, 2.45) is 0 Å². The van der Waals surface area contributed by atoms with Gasteiger partial charge in [-0.15, -0.1) is 11.3 Å². The Kier molecular flexibility index (Phi) is 3.24. The second-order valence-electron chi connectivity index (χ2n) is 4.71. The van der Waals surface area contributed by atoms with Crippen molar-refractivity contribution in [3.63, 3.8) is 0 Å². The molecule has 0 bridgehead atoms. The Morgan fingerprint density at radius 1 is 1.31 bits per heavy atom. The molecule has 2 aliphatic rings. The number of hydrogen-bond acceptors (Lipinski definition) is 4. The first-order valence-corrected chi connectivity index (χ1v) is 6.99. The lowest BCUT2D eigenvalue weighted by molar-refractivity contribution is 0.0229. The summed E-state index contributed by atoms with van der Waals surface area (Å²) in [5, 5.41) is 5.58. The van der Waals surface area contributed by atoms with Crippen LogP contribution in [0.1, 0.15) is 4.88 Å². The number of likely N-dealkylation sites (tertiary alicyclic amines) is 1. The van der Waals surface area contributed by atoms with Crippen molar-refractivity contribution in [3.8, 4) is 0 Å². The number of nitrogens with zero attached hydrogens (tertiary/aromatic N) is 2. The van der Waals surface area contributed by atoms with Crippen LogP contribution in [0.15, 0.2) is 17.5 Å². The third kappa shape index (κ3) is 2.30. The molecule has 88 valence electrons. The molecule has 2 fully saturated rings. The monoisotopic (exact) mass is 237 g/mol. The first-order valence-electron chi connectivity index (χ1n) is 6.11. The van der Waals surface area contributed by atoms with E-state index in [9.17, 15) is 0 Å². The van der Waals surface area contributed by atoms with Gasteiger partial charge in [0.2, 0.25) is 0 Å². The highest BCUT2D eigenvalue weighted by atomic mass is 32.1. The molecule has 0 saturated carbocycles. The molecule has 0 aliphatic carbocycles. The fraction of sp³-hybridized carbons (Fsp3) is 0.667. The van der Waals surface area contributed by atoms with Gasteiger partial charge in [0, 0.05) is 56.7 Å². The Morgan fingerprint density at radius 3 is 2.81 bits per heavy atom. The summed E-state index contributed by atoms with van der Waals surface area (Å²) >= 11 is 1.87. The maximum Gasteiger partial charge on any atom is 0.0351 e. The van der Waals surface area contributed by atoms with Gasteiger partial charge in [0.25, 0.3) is 0 Å². The van der Waals surface area contributed by atoms with Gasteiger partial charge in [-0.3, -0.25) is 9.80 Å². The Bertz CT molecular complexity index is 313. The van der Waals surface area contributed by atoms with Crippen LogP contribution in [-0.2, 0) is 6.54 Å². The lowest BCUT2D eigenvalue weighted by atomic mass is 10.1. The molecule has 0 radical (unpaired) electrons. The summed E-state index contributed by atoms with van der Waals surface area (Å²) in [5.41, 5.74) is 0. The molecule has 0 unspecified atom stereocenters. The van der Waals surface area contributed by atoms with E-state index in [0.717, 1.165) is 12.6 Å². The molecule has 16 heavy (non-hydrogen) atoms. The zero-order valence-electron chi connectivity index (χ0n) is 9.56. The summed E-state index contributed by atoms with van der Waals surface area (Å²) in [5.74, 6) is 0. The maximum atomic E-state index is 3.41. The van der Waals surface area contributed by atoms with Crippen LogP contribution in [0.3, 0.4) is 0 Å². The van der Waals surface area contributed by atoms with Gasteiger partial charge in [-0.1, -0.05) is 6.07 Å². The average molecular weight is 237 g/mol. The zero-order chi connectivity index (χ0) is 10.8. The van der Waals surface area contributed by atoms with Gasteiger partial charge in [0.1, 0.15) is 0 Å². The predicted octanol–water partition coefficient (Wildman–Crippen LogP) is 0.837. The van der Waals surface area contributed by atoms with E-state index in [0.29, 0.717) is 0 Å². The number of thiophene rings is 1. The van der Waals surface area contributed by atoms with Gasteiger partial charge in [-0.25, -0.2) is 0 Å².